The SMILES string of the molecule is COc1cc2oc(-c3ccccc3)c(O)c(=O)c2cc1OC. The molecule has 1 N–H and O–H groups in total. The lowest BCUT2D eigenvalue weighted by Crippen LogP contribution is -2.03. The van der Waals surface area contributed by atoms with Crippen LogP contribution in [0.15, 0.2) is 51.7 Å². The second-order valence-electron chi connectivity index (χ2n) is 4.68. The molecule has 0 saturated carbocycles. The van der Waals surface area contributed by atoms with Crippen LogP contribution in [0.25, 0.3) is 22.3 Å². The Morgan fingerprint density at radius 3 is 2.27 bits per heavy atom. The fourth-order valence-corrected chi connectivity index (χ4v) is 2.30. The predicted octanol–water partition coefficient (Wildman–Crippen LogP) is 3.18. The first-order chi connectivity index (χ1) is 10.7. The fraction of sp³-hybridized carbons (Fsp3) is 0.118. The maximum Gasteiger partial charge on any atom is 0.235 e. The number of benzene rings is 2. The van der Waals surface area contributed by atoms with Gasteiger partial charge in [0, 0.05) is 11.6 Å². The van der Waals surface area contributed by atoms with Gasteiger partial charge in [0.1, 0.15) is 5.58 Å². The Bertz CT molecular complexity index is 881. The van der Waals surface area contributed by atoms with E-state index in [1.807, 2.05) is 6.07 Å². The highest BCUT2D eigenvalue weighted by Gasteiger charge is 2.17. The standard InChI is InChI=1S/C17H14O5/c1-20-13-8-11-12(9-14(13)21-2)22-17(16(19)15(11)18)10-6-4-3-5-7-10/h3-9,19H,1-2H3. The average Bonchev–Trinajstić information content (AvgIpc) is 2.57. The molecule has 112 valence electrons. The summed E-state index contributed by atoms with van der Waals surface area (Å²) in [6.45, 7) is 0. The van der Waals surface area contributed by atoms with Gasteiger partial charge in [-0.15, -0.1) is 0 Å². The van der Waals surface area contributed by atoms with E-state index in [1.54, 1.807) is 30.3 Å². The van der Waals surface area contributed by atoms with Crippen LogP contribution < -0.4 is 14.9 Å². The maximum absolute atomic E-state index is 12.4. The van der Waals surface area contributed by atoms with Crippen molar-refractivity contribution in [2.45, 2.75) is 0 Å². The van der Waals surface area contributed by atoms with Crippen molar-refractivity contribution in [3.63, 3.8) is 0 Å². The van der Waals surface area contributed by atoms with Crippen LogP contribution in [0.1, 0.15) is 0 Å². The van der Waals surface area contributed by atoms with Crippen molar-refractivity contribution < 1.29 is 19.0 Å². The molecule has 0 aliphatic carbocycles. The molecule has 5 heteroatoms. The molecular weight excluding hydrogens is 284 g/mol. The summed E-state index contributed by atoms with van der Waals surface area (Å²) in [5.41, 5.74) is 0.425. The van der Waals surface area contributed by atoms with Gasteiger partial charge in [0.2, 0.25) is 11.2 Å². The van der Waals surface area contributed by atoms with Crippen molar-refractivity contribution in [3.8, 4) is 28.6 Å². The van der Waals surface area contributed by atoms with E-state index in [0.29, 0.717) is 22.6 Å². The Labute approximate surface area is 126 Å². The molecule has 0 aliphatic heterocycles. The molecule has 22 heavy (non-hydrogen) atoms. The van der Waals surface area contributed by atoms with Crippen molar-refractivity contribution in [2.75, 3.05) is 14.2 Å². The van der Waals surface area contributed by atoms with Crippen LogP contribution in [0.3, 0.4) is 0 Å². The summed E-state index contributed by atoms with van der Waals surface area (Å²) < 4.78 is 16.1. The van der Waals surface area contributed by atoms with Crippen LogP contribution in [-0.4, -0.2) is 19.3 Å². The minimum absolute atomic E-state index is 0.130. The molecule has 3 rings (SSSR count). The summed E-state index contributed by atoms with van der Waals surface area (Å²) in [4.78, 5) is 12.4. The molecule has 5 nitrogen and oxygen atoms in total. The Balaban J connectivity index is 2.34. The van der Waals surface area contributed by atoms with E-state index < -0.39 is 11.2 Å². The summed E-state index contributed by atoms with van der Waals surface area (Å²) >= 11 is 0. The van der Waals surface area contributed by atoms with Gasteiger partial charge in [0.05, 0.1) is 19.6 Å². The van der Waals surface area contributed by atoms with Gasteiger partial charge in [0.25, 0.3) is 0 Å². The second-order valence-corrected chi connectivity index (χ2v) is 4.68. The van der Waals surface area contributed by atoms with E-state index in [9.17, 15) is 9.90 Å². The summed E-state index contributed by atoms with van der Waals surface area (Å²) in [5.74, 6) is 0.549. The molecule has 0 bridgehead atoms. The van der Waals surface area contributed by atoms with Gasteiger partial charge in [-0.3, -0.25) is 4.79 Å². The fourth-order valence-electron chi connectivity index (χ4n) is 2.30. The van der Waals surface area contributed by atoms with Gasteiger partial charge in [-0.25, -0.2) is 0 Å². The van der Waals surface area contributed by atoms with Crippen molar-refractivity contribution in [1.29, 1.82) is 0 Å². The molecule has 2 aromatic carbocycles. The minimum Gasteiger partial charge on any atom is -0.502 e. The van der Waals surface area contributed by atoms with Crippen LogP contribution in [0.2, 0.25) is 0 Å². The largest absolute Gasteiger partial charge is 0.502 e. The zero-order valence-electron chi connectivity index (χ0n) is 12.1. The highest BCUT2D eigenvalue weighted by Crippen LogP contribution is 2.35. The summed E-state index contributed by atoms with van der Waals surface area (Å²) in [6.07, 6.45) is 0. The van der Waals surface area contributed by atoms with Gasteiger partial charge >= 0.3 is 0 Å². The first-order valence-electron chi connectivity index (χ1n) is 6.63. The van der Waals surface area contributed by atoms with Gasteiger partial charge in [0.15, 0.2) is 17.3 Å². The molecule has 0 spiro atoms. The first kappa shape index (κ1) is 14.0. The molecule has 0 amide bonds. The lowest BCUT2D eigenvalue weighted by molar-refractivity contribution is 0.355. The lowest BCUT2D eigenvalue weighted by atomic mass is 10.1. The highest BCUT2D eigenvalue weighted by atomic mass is 16.5. The average molecular weight is 298 g/mol. The van der Waals surface area contributed by atoms with Crippen LogP contribution in [0, 0.1) is 0 Å². The molecular formula is C17H14O5. The maximum atomic E-state index is 12.4. The number of hydrogen-bond acceptors (Lipinski definition) is 5. The molecule has 0 unspecified atom stereocenters. The number of ether oxygens (including phenoxy) is 2. The zero-order chi connectivity index (χ0) is 15.7. The third kappa shape index (κ3) is 2.16. The molecule has 1 heterocycles. The third-order valence-corrected chi connectivity index (χ3v) is 3.41. The Morgan fingerprint density at radius 2 is 1.64 bits per heavy atom. The van der Waals surface area contributed by atoms with Crippen LogP contribution in [-0.2, 0) is 0 Å². The van der Waals surface area contributed by atoms with Gasteiger partial charge in [-0.2, -0.15) is 0 Å². The smallest absolute Gasteiger partial charge is 0.235 e. The van der Waals surface area contributed by atoms with Crippen molar-refractivity contribution in [1.82, 2.24) is 0 Å². The van der Waals surface area contributed by atoms with Crippen molar-refractivity contribution in [2.24, 2.45) is 0 Å². The molecule has 3 aromatic rings. The first-order valence-corrected chi connectivity index (χ1v) is 6.63. The number of methoxy groups -OCH3 is 2. The van der Waals surface area contributed by atoms with Crippen LogP contribution in [0.5, 0.6) is 17.2 Å². The van der Waals surface area contributed by atoms with E-state index >= 15 is 0 Å². The molecule has 0 aliphatic rings. The zero-order valence-corrected chi connectivity index (χ0v) is 12.1. The Hall–Kier alpha value is -2.95. The number of fused-ring (bicyclic) bond motifs is 1. The molecule has 0 radical (unpaired) electrons. The van der Waals surface area contributed by atoms with E-state index in [2.05, 4.69) is 0 Å². The van der Waals surface area contributed by atoms with Crippen LogP contribution >= 0.6 is 0 Å². The van der Waals surface area contributed by atoms with Gasteiger partial charge < -0.3 is 19.0 Å². The lowest BCUT2D eigenvalue weighted by Gasteiger charge is -2.10. The summed E-state index contributed by atoms with van der Waals surface area (Å²) in [5, 5.41) is 10.4. The molecule has 0 atom stereocenters. The van der Waals surface area contributed by atoms with Crippen LogP contribution in [0.4, 0.5) is 0 Å². The van der Waals surface area contributed by atoms with E-state index in [-0.39, 0.29) is 11.1 Å². The van der Waals surface area contributed by atoms with E-state index in [4.69, 9.17) is 13.9 Å². The second kappa shape index (κ2) is 5.44. The number of hydrogen-bond donors (Lipinski definition) is 1. The molecule has 1 aromatic heterocycles. The predicted molar refractivity (Wildman–Crippen MR) is 82.7 cm³/mol. The minimum atomic E-state index is -0.513. The Kier molecular flexibility index (Phi) is 3.47. The normalized spacial score (nSPS) is 10.6. The molecule has 0 saturated heterocycles. The highest BCUT2D eigenvalue weighted by molar-refractivity contribution is 5.84. The number of rotatable bonds is 3. The monoisotopic (exact) mass is 298 g/mol. The molecule has 0 fully saturated rings. The van der Waals surface area contributed by atoms with Crippen molar-refractivity contribution in [3.05, 3.63) is 52.7 Å². The van der Waals surface area contributed by atoms with Gasteiger partial charge in [-0.1, -0.05) is 30.3 Å². The van der Waals surface area contributed by atoms with Crippen molar-refractivity contribution >= 4 is 11.0 Å². The topological polar surface area (TPSA) is 68.9 Å². The quantitative estimate of drug-likeness (QED) is 0.804. The number of aromatic hydroxyl groups is 1. The summed E-state index contributed by atoms with van der Waals surface area (Å²) in [6, 6.07) is 12.0. The third-order valence-electron chi connectivity index (χ3n) is 3.41. The summed E-state index contributed by atoms with van der Waals surface area (Å²) in [7, 11) is 2.98. The van der Waals surface area contributed by atoms with E-state index in [0.717, 1.165) is 0 Å². The Morgan fingerprint density at radius 1 is 1.00 bits per heavy atom. The van der Waals surface area contributed by atoms with Gasteiger partial charge in [-0.05, 0) is 6.07 Å². The van der Waals surface area contributed by atoms with E-state index in [1.165, 1.54) is 20.3 Å².